The van der Waals surface area contributed by atoms with Gasteiger partial charge in [-0.05, 0) is 49.7 Å². The second-order valence-corrected chi connectivity index (χ2v) is 25.4. The summed E-state index contributed by atoms with van der Waals surface area (Å²) in [4.78, 5) is 170. The Hall–Kier alpha value is -7.06. The minimum absolute atomic E-state index is 0.116. The Morgan fingerprint density at radius 2 is 1.57 bits per heavy atom. The molecular formula is C56H80N12O17S2. The van der Waals surface area contributed by atoms with Gasteiger partial charge in [-0.2, -0.15) is 11.8 Å². The number of ether oxygens (including phenoxy) is 1. The third kappa shape index (κ3) is 17.0. The minimum Gasteiger partial charge on any atom is -0.610 e. The van der Waals surface area contributed by atoms with Gasteiger partial charge in [0.15, 0.2) is 6.04 Å². The van der Waals surface area contributed by atoms with E-state index >= 15 is 4.55 Å². The lowest BCUT2D eigenvalue weighted by Gasteiger charge is -2.32. The van der Waals surface area contributed by atoms with E-state index < -0.39 is 176 Å². The van der Waals surface area contributed by atoms with Crippen molar-refractivity contribution in [3.63, 3.8) is 0 Å². The second-order valence-electron chi connectivity index (χ2n) is 22.9. The predicted molar refractivity (Wildman–Crippen MR) is 312 cm³/mol. The molecule has 29 nitrogen and oxygen atoms in total. The Morgan fingerprint density at radius 3 is 2.24 bits per heavy atom. The number of primary amides is 1. The van der Waals surface area contributed by atoms with Crippen LogP contribution < -0.4 is 53.0 Å². The molecule has 2 bridgehead atoms. The number of imide groups is 1. The number of carbonyl (C=O) groups is 12. The minimum atomic E-state index is -2.45. The maximum atomic E-state index is 15.4. The first-order valence-electron chi connectivity index (χ1n) is 29.3. The number of carbonyl (C=O) groups excluding carboxylic acids is 12. The average Bonchev–Trinajstić information content (AvgIpc) is 1.69. The molecular weight excluding hydrogens is 1180 g/mol. The molecule has 1 aliphatic carbocycles. The highest BCUT2D eigenvalue weighted by atomic mass is 32.2. The van der Waals surface area contributed by atoms with Gasteiger partial charge in [0.05, 0.1) is 44.4 Å². The van der Waals surface area contributed by atoms with Gasteiger partial charge < -0.3 is 82.8 Å². The summed E-state index contributed by atoms with van der Waals surface area (Å²) < 4.78 is 21.2. The summed E-state index contributed by atoms with van der Waals surface area (Å²) >= 11 is -1.05. The van der Waals surface area contributed by atoms with Crippen molar-refractivity contribution >= 4 is 105 Å². The van der Waals surface area contributed by atoms with Crippen LogP contribution in [-0.2, 0) is 80.9 Å². The molecule has 1 aromatic carbocycles. The largest absolute Gasteiger partial charge is 0.610 e. The number of nitrogens with two attached hydrogens (primary N) is 1. The molecule has 5 aliphatic rings. The van der Waals surface area contributed by atoms with Crippen molar-refractivity contribution in [3.05, 3.63) is 23.3 Å². The SMILES string of the molecule is CC[C@H](C)[C@@H]1NC(=O)CCNC(=O)[C@@H]2Cc3c([nH]c4c(CSCCNC(=O)C5CCC(CN6C(=O)CCC6=O)CC5)c(OC)ccc34)[S+]([O-])C[C@H](NC(=O)CNC1=O)C(=O)N[C@@H](CC(N)=O)C(=O)N1C[C@H](O)C[C@H]1C(=O)N[C@@H]([C@@H](C)[C@@H](O)CO)C(=O)N2. The van der Waals surface area contributed by atoms with Crippen LogP contribution >= 0.6 is 11.8 Å². The number of hydrogen-bond donors (Lipinski definition) is 13. The number of hydrogen-bond acceptors (Lipinski definition) is 18. The number of aromatic nitrogens is 1. The summed E-state index contributed by atoms with van der Waals surface area (Å²) in [5, 5.41) is 52.9. The number of nitrogens with one attached hydrogen (secondary N) is 9. The number of aliphatic hydroxyl groups is 3. The number of methoxy groups -OCH3 is 1. The van der Waals surface area contributed by atoms with Crippen molar-refractivity contribution in [2.45, 2.75) is 151 Å². The normalized spacial score (nSPS) is 27.9. The molecule has 4 aliphatic heterocycles. The number of benzene rings is 1. The van der Waals surface area contributed by atoms with E-state index in [1.165, 1.54) is 30.7 Å². The Balaban J connectivity index is 1.28. The van der Waals surface area contributed by atoms with Crippen LogP contribution in [-0.4, -0.2) is 212 Å². The van der Waals surface area contributed by atoms with Crippen molar-refractivity contribution in [1.29, 1.82) is 0 Å². The first-order valence-corrected chi connectivity index (χ1v) is 31.8. The molecule has 87 heavy (non-hydrogen) atoms. The first-order chi connectivity index (χ1) is 41.4. The van der Waals surface area contributed by atoms with Gasteiger partial charge in [-0.1, -0.05) is 27.2 Å². The maximum Gasteiger partial charge on any atom is 0.248 e. The van der Waals surface area contributed by atoms with Gasteiger partial charge in [0.2, 0.25) is 75.9 Å². The van der Waals surface area contributed by atoms with Crippen LogP contribution in [0, 0.1) is 23.7 Å². The zero-order chi connectivity index (χ0) is 63.4. The van der Waals surface area contributed by atoms with Crippen LogP contribution in [0.3, 0.4) is 0 Å². The fraction of sp³-hybridized carbons (Fsp3) is 0.643. The predicted octanol–water partition coefficient (Wildman–Crippen LogP) is -3.92. The van der Waals surface area contributed by atoms with E-state index in [1.54, 1.807) is 26.0 Å². The number of thioether (sulfide) groups is 1. The van der Waals surface area contributed by atoms with E-state index in [9.17, 15) is 72.9 Å². The number of nitrogens with zero attached hydrogens (tertiary/aromatic N) is 2. The van der Waals surface area contributed by atoms with Gasteiger partial charge >= 0.3 is 0 Å². The quantitative estimate of drug-likeness (QED) is 0.0434. The Kier molecular flexibility index (Phi) is 23.8. The number of fused-ring (bicyclic) bond motifs is 5. The highest BCUT2D eigenvalue weighted by molar-refractivity contribution is 7.98. The molecule has 478 valence electrons. The third-order valence-corrected chi connectivity index (χ3v) is 19.3. The number of rotatable bonds is 16. The van der Waals surface area contributed by atoms with Gasteiger partial charge in [-0.25, -0.2) is 0 Å². The Morgan fingerprint density at radius 1 is 0.862 bits per heavy atom. The van der Waals surface area contributed by atoms with Crippen molar-refractivity contribution in [1.82, 2.24) is 57.3 Å². The van der Waals surface area contributed by atoms with Crippen molar-refractivity contribution in [3.8, 4) is 5.75 Å². The van der Waals surface area contributed by atoms with Crippen LogP contribution in [0.5, 0.6) is 5.75 Å². The van der Waals surface area contributed by atoms with E-state index in [1.807, 2.05) is 0 Å². The average molecular weight is 1260 g/mol. The maximum absolute atomic E-state index is 15.4. The van der Waals surface area contributed by atoms with Crippen molar-refractivity contribution < 1.29 is 82.1 Å². The highest BCUT2D eigenvalue weighted by Gasteiger charge is 2.46. The molecule has 31 heteroatoms. The van der Waals surface area contributed by atoms with E-state index in [0.717, 1.165) is 4.90 Å². The molecule has 1 aromatic heterocycles. The fourth-order valence-electron chi connectivity index (χ4n) is 11.6. The van der Waals surface area contributed by atoms with Crippen LogP contribution in [0.2, 0.25) is 0 Å². The number of amides is 12. The molecule has 3 fully saturated rings. The topological polar surface area (TPSA) is 442 Å². The molecule has 12 amide bonds. The zero-order valence-corrected chi connectivity index (χ0v) is 50.7. The number of likely N-dealkylation sites (tertiary alicyclic amines) is 1. The van der Waals surface area contributed by atoms with Gasteiger partial charge in [-0.3, -0.25) is 62.4 Å². The third-order valence-electron chi connectivity index (χ3n) is 16.8. The smallest absolute Gasteiger partial charge is 0.248 e. The second kappa shape index (κ2) is 30.7. The molecule has 2 aromatic rings. The van der Waals surface area contributed by atoms with Crippen molar-refractivity contribution in [2.75, 3.05) is 57.9 Å². The summed E-state index contributed by atoms with van der Waals surface area (Å²) in [6.45, 7) is 2.78. The molecule has 0 spiro atoms. The summed E-state index contributed by atoms with van der Waals surface area (Å²) in [5.74, 6) is -11.3. The molecule has 7 rings (SSSR count). The molecule has 2 saturated heterocycles. The van der Waals surface area contributed by atoms with E-state index in [2.05, 4.69) is 47.5 Å². The summed E-state index contributed by atoms with van der Waals surface area (Å²) in [7, 11) is 1.42. The number of H-pyrrole nitrogens is 1. The van der Waals surface area contributed by atoms with Crippen LogP contribution in [0.1, 0.15) is 96.1 Å². The van der Waals surface area contributed by atoms with Gasteiger partial charge in [0.25, 0.3) is 0 Å². The van der Waals surface area contributed by atoms with Gasteiger partial charge in [-0.15, -0.1) is 0 Å². The molecule has 5 heterocycles. The molecule has 0 radical (unpaired) electrons. The van der Waals surface area contributed by atoms with E-state index in [4.69, 9.17) is 10.5 Å². The highest BCUT2D eigenvalue weighted by Crippen LogP contribution is 2.37. The lowest BCUT2D eigenvalue weighted by atomic mass is 9.81. The first kappa shape index (κ1) is 67.4. The monoisotopic (exact) mass is 1260 g/mol. The van der Waals surface area contributed by atoms with Gasteiger partial charge in [0, 0.05) is 109 Å². The Bertz CT molecular complexity index is 2930. The molecule has 14 N–H and O–H groups in total. The fourth-order valence-corrected chi connectivity index (χ4v) is 13.8. The van der Waals surface area contributed by atoms with Crippen LogP contribution in [0.25, 0.3) is 10.9 Å². The van der Waals surface area contributed by atoms with Crippen LogP contribution in [0.4, 0.5) is 0 Å². The summed E-state index contributed by atoms with van der Waals surface area (Å²) in [5.41, 5.74) is 6.54. The zero-order valence-electron chi connectivity index (χ0n) is 49.1. The lowest BCUT2D eigenvalue weighted by molar-refractivity contribution is -0.144. The van der Waals surface area contributed by atoms with E-state index in [0.29, 0.717) is 66.6 Å². The number of aromatic amines is 1. The molecule has 11 atom stereocenters. The standard InChI is InChI=1S/C56H80N12O17S2/c1-5-27(2)46-53(81)60-21-43(74)61-37-26-87(84)55-33(32-10-11-40(85-4)34(48(32)66-55)25-86-17-16-59-49(77)30-8-6-29(7-9-30)22-68-44(75)12-13-45(68)76)19-35(50(78)58-15-14-42(73)64-46)62-54(82)47(28(3)39(71)24-69)65-52(80)38-18-31(70)23-67(38)56(83)36(20-41(57)72)63-51(37)79/h10-11,27-31,35-39,46-47,66,69-71H,5-9,12-26H2,1-4H3,(H2,57,72)(H,58,78)(H,59,77)(H,60,81)(H,61,74)(H,62,82)(H,63,79)(H,64,73)(H,65,80)/t27-,28-,29?,30?,31+,35-,36-,37-,38-,39-,46-,47-,87?/m0/s1. The van der Waals surface area contributed by atoms with Gasteiger partial charge in [0.1, 0.15) is 41.7 Å². The van der Waals surface area contributed by atoms with E-state index in [-0.39, 0.29) is 71.8 Å². The molecule has 1 unspecified atom stereocenters. The summed E-state index contributed by atoms with van der Waals surface area (Å²) in [6.07, 6.45) is -1.88. The molecule has 1 saturated carbocycles. The lowest BCUT2D eigenvalue weighted by Crippen LogP contribution is -2.61. The number of aliphatic hydroxyl groups excluding tert-OH is 3. The van der Waals surface area contributed by atoms with Crippen LogP contribution in [0.15, 0.2) is 17.2 Å². The summed E-state index contributed by atoms with van der Waals surface area (Å²) in [6, 6.07) is -6.83. The Labute approximate surface area is 509 Å². The van der Waals surface area contributed by atoms with Crippen molar-refractivity contribution in [2.24, 2.45) is 29.4 Å².